The van der Waals surface area contributed by atoms with E-state index in [9.17, 15) is 8.42 Å². The predicted molar refractivity (Wildman–Crippen MR) is 62.9 cm³/mol. The molecule has 0 heterocycles. The molecule has 4 heteroatoms. The average molecular weight is 225 g/mol. The van der Waals surface area contributed by atoms with Crippen LogP contribution in [0.1, 0.15) is 6.92 Å². The number of nitrogens with one attached hydrogen (secondary N) is 1. The molecule has 0 fully saturated rings. The standard InChI is InChI=1S/C11H15NO2S/c1-3-9-12-10-5-7-11(8-6-10)15(13,14)4-2/h3,5-8,12H,1,4,9H2,2H3. The number of hydrogen-bond acceptors (Lipinski definition) is 3. The molecule has 0 aliphatic carbocycles. The summed E-state index contributed by atoms with van der Waals surface area (Å²) in [5, 5.41) is 3.08. The van der Waals surface area contributed by atoms with Gasteiger partial charge in [0.1, 0.15) is 0 Å². The van der Waals surface area contributed by atoms with Crippen molar-refractivity contribution in [3.8, 4) is 0 Å². The Morgan fingerprint density at radius 1 is 1.33 bits per heavy atom. The maximum atomic E-state index is 11.5. The molecule has 0 aliphatic heterocycles. The summed E-state index contributed by atoms with van der Waals surface area (Å²) in [6.07, 6.45) is 1.75. The van der Waals surface area contributed by atoms with Crippen LogP contribution in [0, 0.1) is 0 Å². The van der Waals surface area contributed by atoms with Gasteiger partial charge in [-0.2, -0.15) is 0 Å². The molecule has 82 valence electrons. The van der Waals surface area contributed by atoms with E-state index >= 15 is 0 Å². The first-order valence-electron chi connectivity index (χ1n) is 4.77. The van der Waals surface area contributed by atoms with Crippen molar-refractivity contribution in [2.75, 3.05) is 17.6 Å². The van der Waals surface area contributed by atoms with Crippen LogP contribution in [0.25, 0.3) is 0 Å². The van der Waals surface area contributed by atoms with Crippen molar-refractivity contribution in [2.24, 2.45) is 0 Å². The highest BCUT2D eigenvalue weighted by Gasteiger charge is 2.10. The third-order valence-electron chi connectivity index (χ3n) is 2.04. The molecule has 0 saturated heterocycles. The summed E-state index contributed by atoms with van der Waals surface area (Å²) < 4.78 is 23.0. The third kappa shape index (κ3) is 3.09. The first-order valence-corrected chi connectivity index (χ1v) is 6.43. The van der Waals surface area contributed by atoms with E-state index in [1.807, 2.05) is 0 Å². The fourth-order valence-electron chi connectivity index (χ4n) is 1.14. The molecule has 0 amide bonds. The van der Waals surface area contributed by atoms with Gasteiger partial charge < -0.3 is 5.32 Å². The van der Waals surface area contributed by atoms with E-state index in [-0.39, 0.29) is 5.75 Å². The second-order valence-corrected chi connectivity index (χ2v) is 5.38. The smallest absolute Gasteiger partial charge is 0.178 e. The van der Waals surface area contributed by atoms with Crippen LogP contribution < -0.4 is 5.32 Å². The molecule has 1 aromatic carbocycles. The van der Waals surface area contributed by atoms with Gasteiger partial charge in [0.15, 0.2) is 9.84 Å². The third-order valence-corrected chi connectivity index (χ3v) is 3.79. The second kappa shape index (κ2) is 4.98. The molecule has 0 aromatic heterocycles. The van der Waals surface area contributed by atoms with Crippen LogP contribution in [0.5, 0.6) is 0 Å². The summed E-state index contributed by atoms with van der Waals surface area (Å²) in [5.74, 6) is 0.131. The van der Waals surface area contributed by atoms with Crippen LogP contribution in [0.15, 0.2) is 41.8 Å². The summed E-state index contributed by atoms with van der Waals surface area (Å²) >= 11 is 0. The molecule has 1 aromatic rings. The summed E-state index contributed by atoms with van der Waals surface area (Å²) in [5.41, 5.74) is 0.893. The molecule has 15 heavy (non-hydrogen) atoms. The van der Waals surface area contributed by atoms with Crippen molar-refractivity contribution in [1.82, 2.24) is 0 Å². The Hall–Kier alpha value is -1.29. The van der Waals surface area contributed by atoms with Gasteiger partial charge in [-0.3, -0.25) is 0 Å². The molecule has 0 radical (unpaired) electrons. The lowest BCUT2D eigenvalue weighted by molar-refractivity contribution is 0.597. The number of rotatable bonds is 5. The predicted octanol–water partition coefficient (Wildman–Crippen LogP) is 2.08. The fourth-order valence-corrected chi connectivity index (χ4v) is 2.02. The molecule has 1 N–H and O–H groups in total. The van der Waals surface area contributed by atoms with Crippen LogP contribution in [0.3, 0.4) is 0 Å². The Kier molecular flexibility index (Phi) is 3.91. The molecular weight excluding hydrogens is 210 g/mol. The molecule has 0 bridgehead atoms. The topological polar surface area (TPSA) is 46.2 Å². The highest BCUT2D eigenvalue weighted by molar-refractivity contribution is 7.91. The Morgan fingerprint density at radius 2 is 1.93 bits per heavy atom. The SMILES string of the molecule is C=CCNc1ccc(S(=O)(=O)CC)cc1. The van der Waals surface area contributed by atoms with Crippen LogP contribution in [0.4, 0.5) is 5.69 Å². The summed E-state index contributed by atoms with van der Waals surface area (Å²) in [6.45, 7) is 5.89. The number of hydrogen-bond donors (Lipinski definition) is 1. The van der Waals surface area contributed by atoms with Gasteiger partial charge in [0.25, 0.3) is 0 Å². The number of sulfone groups is 1. The Bertz CT molecular complexity index is 420. The Labute approximate surface area is 90.7 Å². The highest BCUT2D eigenvalue weighted by atomic mass is 32.2. The number of benzene rings is 1. The molecule has 0 atom stereocenters. The van der Waals surface area contributed by atoms with E-state index in [0.717, 1.165) is 5.69 Å². The Morgan fingerprint density at radius 3 is 2.40 bits per heavy atom. The van der Waals surface area contributed by atoms with E-state index in [1.54, 1.807) is 37.3 Å². The van der Waals surface area contributed by atoms with Gasteiger partial charge in [-0.1, -0.05) is 13.0 Å². The lowest BCUT2D eigenvalue weighted by atomic mass is 10.3. The minimum Gasteiger partial charge on any atom is -0.382 e. The maximum absolute atomic E-state index is 11.5. The molecular formula is C11H15NO2S. The van der Waals surface area contributed by atoms with E-state index in [1.165, 1.54) is 0 Å². The van der Waals surface area contributed by atoms with Crippen molar-refractivity contribution in [3.63, 3.8) is 0 Å². The van der Waals surface area contributed by atoms with Crippen LogP contribution in [0.2, 0.25) is 0 Å². The molecule has 3 nitrogen and oxygen atoms in total. The van der Waals surface area contributed by atoms with Crippen molar-refractivity contribution < 1.29 is 8.42 Å². The second-order valence-electron chi connectivity index (χ2n) is 3.10. The zero-order valence-corrected chi connectivity index (χ0v) is 9.55. The monoisotopic (exact) mass is 225 g/mol. The lowest BCUT2D eigenvalue weighted by Crippen LogP contribution is -2.04. The molecule has 0 aliphatic rings. The minimum absolute atomic E-state index is 0.131. The largest absolute Gasteiger partial charge is 0.382 e. The molecule has 0 saturated carbocycles. The van der Waals surface area contributed by atoms with Gasteiger partial charge in [0.2, 0.25) is 0 Å². The van der Waals surface area contributed by atoms with Gasteiger partial charge in [-0.25, -0.2) is 8.42 Å². The summed E-state index contributed by atoms with van der Waals surface area (Å²) in [7, 11) is -3.08. The van der Waals surface area contributed by atoms with Gasteiger partial charge in [0, 0.05) is 12.2 Å². The summed E-state index contributed by atoms with van der Waals surface area (Å²) in [6, 6.07) is 6.74. The number of anilines is 1. The quantitative estimate of drug-likeness (QED) is 0.780. The van der Waals surface area contributed by atoms with Crippen molar-refractivity contribution >= 4 is 15.5 Å². The first-order chi connectivity index (χ1) is 7.10. The summed E-state index contributed by atoms with van der Waals surface area (Å²) in [4.78, 5) is 0.370. The van der Waals surface area contributed by atoms with Gasteiger partial charge in [-0.05, 0) is 24.3 Å². The van der Waals surface area contributed by atoms with Crippen LogP contribution in [-0.4, -0.2) is 20.7 Å². The van der Waals surface area contributed by atoms with Crippen molar-refractivity contribution in [2.45, 2.75) is 11.8 Å². The van der Waals surface area contributed by atoms with Crippen molar-refractivity contribution in [3.05, 3.63) is 36.9 Å². The minimum atomic E-state index is -3.08. The maximum Gasteiger partial charge on any atom is 0.178 e. The first kappa shape index (κ1) is 11.8. The normalized spacial score (nSPS) is 11.0. The van der Waals surface area contributed by atoms with E-state index in [0.29, 0.717) is 11.4 Å². The molecule has 0 spiro atoms. The fraction of sp³-hybridized carbons (Fsp3) is 0.273. The zero-order valence-electron chi connectivity index (χ0n) is 8.73. The van der Waals surface area contributed by atoms with Crippen molar-refractivity contribution in [1.29, 1.82) is 0 Å². The lowest BCUT2D eigenvalue weighted by Gasteiger charge is -2.05. The van der Waals surface area contributed by atoms with E-state index < -0.39 is 9.84 Å². The van der Waals surface area contributed by atoms with E-state index in [4.69, 9.17) is 0 Å². The van der Waals surface area contributed by atoms with E-state index in [2.05, 4.69) is 11.9 Å². The Balaban J connectivity index is 2.85. The molecule has 0 unspecified atom stereocenters. The van der Waals surface area contributed by atoms with Gasteiger partial charge in [-0.15, -0.1) is 6.58 Å². The van der Waals surface area contributed by atoms with Gasteiger partial charge >= 0.3 is 0 Å². The zero-order chi connectivity index (χ0) is 11.3. The van der Waals surface area contributed by atoms with Crippen LogP contribution in [-0.2, 0) is 9.84 Å². The van der Waals surface area contributed by atoms with Crippen LogP contribution >= 0.6 is 0 Å². The molecule has 1 rings (SSSR count). The van der Waals surface area contributed by atoms with Gasteiger partial charge in [0.05, 0.1) is 10.6 Å². The highest BCUT2D eigenvalue weighted by Crippen LogP contribution is 2.14. The average Bonchev–Trinajstić information content (AvgIpc) is 2.27.